The number of ether oxygens (including phenoxy) is 1. The molecule has 1 aliphatic rings. The summed E-state index contributed by atoms with van der Waals surface area (Å²) in [4.78, 5) is 6.30. The van der Waals surface area contributed by atoms with Crippen LogP contribution < -0.4 is 4.90 Å². The fourth-order valence-corrected chi connectivity index (χ4v) is 2.45. The second-order valence-corrected chi connectivity index (χ2v) is 4.59. The molecule has 1 aromatic heterocycles. The number of alkyl halides is 1. The zero-order chi connectivity index (χ0) is 12.3. The molecule has 1 atom stereocenters. The average molecular weight is 259 g/mol. The molecule has 1 aromatic rings. The highest BCUT2D eigenvalue weighted by atomic mass is 35.5. The maximum Gasteiger partial charge on any atom is 0.141 e. The Morgan fingerprint density at radius 2 is 2.47 bits per heavy atom. The maximum atomic E-state index is 13.1. The Balaban J connectivity index is 2.12. The Labute approximate surface area is 106 Å². The molecule has 5 heteroatoms. The van der Waals surface area contributed by atoms with E-state index in [4.69, 9.17) is 16.3 Å². The zero-order valence-corrected chi connectivity index (χ0v) is 10.6. The molecule has 0 aromatic carbocycles. The number of pyridine rings is 1. The highest BCUT2D eigenvalue weighted by molar-refractivity contribution is 6.17. The Morgan fingerprint density at radius 3 is 3.18 bits per heavy atom. The van der Waals surface area contributed by atoms with Gasteiger partial charge in [-0.05, 0) is 12.5 Å². The van der Waals surface area contributed by atoms with Crippen LogP contribution in [0, 0.1) is 11.7 Å². The van der Waals surface area contributed by atoms with E-state index < -0.39 is 0 Å². The van der Waals surface area contributed by atoms with E-state index in [1.165, 1.54) is 12.3 Å². The largest absolute Gasteiger partial charge is 0.384 e. The van der Waals surface area contributed by atoms with E-state index in [1.54, 1.807) is 7.11 Å². The van der Waals surface area contributed by atoms with E-state index in [2.05, 4.69) is 9.88 Å². The van der Waals surface area contributed by atoms with Gasteiger partial charge in [0.15, 0.2) is 0 Å². The first kappa shape index (κ1) is 12.6. The summed E-state index contributed by atoms with van der Waals surface area (Å²) in [5, 5.41) is 0. The molecule has 94 valence electrons. The van der Waals surface area contributed by atoms with Crippen molar-refractivity contribution in [3.8, 4) is 0 Å². The summed E-state index contributed by atoms with van der Waals surface area (Å²) in [7, 11) is 1.71. The number of hydrogen-bond donors (Lipinski definition) is 0. The van der Waals surface area contributed by atoms with Gasteiger partial charge in [0.1, 0.15) is 11.6 Å². The lowest BCUT2D eigenvalue weighted by Crippen LogP contribution is -2.23. The molecule has 0 saturated carbocycles. The van der Waals surface area contributed by atoms with Crippen LogP contribution in [-0.4, -0.2) is 31.8 Å². The van der Waals surface area contributed by atoms with Crippen LogP contribution in [0.5, 0.6) is 0 Å². The number of aromatic nitrogens is 1. The van der Waals surface area contributed by atoms with Gasteiger partial charge in [-0.1, -0.05) is 0 Å². The third kappa shape index (κ3) is 2.87. The van der Waals surface area contributed by atoms with Gasteiger partial charge in [0, 0.05) is 31.7 Å². The minimum Gasteiger partial charge on any atom is -0.384 e. The van der Waals surface area contributed by atoms with Crippen LogP contribution in [0.1, 0.15) is 12.0 Å². The van der Waals surface area contributed by atoms with E-state index in [1.807, 2.05) is 0 Å². The van der Waals surface area contributed by atoms with E-state index in [-0.39, 0.29) is 11.7 Å². The average Bonchev–Trinajstić information content (AvgIpc) is 2.78. The van der Waals surface area contributed by atoms with E-state index in [9.17, 15) is 4.39 Å². The molecule has 0 amide bonds. The molecule has 1 aliphatic heterocycles. The first-order chi connectivity index (χ1) is 8.24. The van der Waals surface area contributed by atoms with Gasteiger partial charge in [0.05, 0.1) is 18.7 Å². The van der Waals surface area contributed by atoms with Crippen LogP contribution in [0.3, 0.4) is 0 Å². The summed E-state index contributed by atoms with van der Waals surface area (Å²) >= 11 is 5.82. The van der Waals surface area contributed by atoms with Gasteiger partial charge in [0.2, 0.25) is 0 Å². The van der Waals surface area contributed by atoms with Crippen molar-refractivity contribution >= 4 is 17.4 Å². The highest BCUT2D eigenvalue weighted by Gasteiger charge is 2.24. The Bertz CT molecular complexity index is 389. The molecule has 0 radical (unpaired) electrons. The predicted octanol–water partition coefficient (Wildman–Crippen LogP) is 2.43. The topological polar surface area (TPSA) is 25.4 Å². The lowest BCUT2D eigenvalue weighted by Gasteiger charge is -2.20. The van der Waals surface area contributed by atoms with Crippen LogP contribution in [0.2, 0.25) is 0 Å². The fraction of sp³-hybridized carbons (Fsp3) is 0.583. The fourth-order valence-electron chi connectivity index (χ4n) is 2.25. The molecular formula is C12H16ClFN2O. The lowest BCUT2D eigenvalue weighted by atomic mass is 10.1. The summed E-state index contributed by atoms with van der Waals surface area (Å²) in [6.45, 7) is 2.58. The summed E-state index contributed by atoms with van der Waals surface area (Å²) in [6, 6.07) is 1.46. The number of methoxy groups -OCH3 is 1. The number of hydrogen-bond acceptors (Lipinski definition) is 3. The molecule has 0 N–H and O–H groups in total. The normalized spacial score (nSPS) is 19.9. The van der Waals surface area contributed by atoms with Crippen molar-refractivity contribution < 1.29 is 9.13 Å². The van der Waals surface area contributed by atoms with Gasteiger partial charge >= 0.3 is 0 Å². The minimum absolute atomic E-state index is 0.283. The maximum absolute atomic E-state index is 13.1. The standard InChI is InChI=1S/C12H16ClFN2O/c1-17-8-9-2-3-16(7-9)12-10(5-13)4-11(14)6-15-12/h4,6,9H,2-3,5,7-8H2,1H3. The summed E-state index contributed by atoms with van der Waals surface area (Å²) in [6.07, 6.45) is 2.32. The van der Waals surface area contributed by atoms with Crippen molar-refractivity contribution in [3.05, 3.63) is 23.6 Å². The molecule has 1 saturated heterocycles. The second kappa shape index (κ2) is 5.65. The minimum atomic E-state index is -0.336. The van der Waals surface area contributed by atoms with Crippen LogP contribution in [0.4, 0.5) is 10.2 Å². The summed E-state index contributed by atoms with van der Waals surface area (Å²) in [5.74, 6) is 1.28. The highest BCUT2D eigenvalue weighted by Crippen LogP contribution is 2.26. The quantitative estimate of drug-likeness (QED) is 0.776. The third-order valence-electron chi connectivity index (χ3n) is 3.04. The molecule has 0 spiro atoms. The van der Waals surface area contributed by atoms with Crippen LogP contribution >= 0.6 is 11.6 Å². The molecule has 2 heterocycles. The third-order valence-corrected chi connectivity index (χ3v) is 3.33. The smallest absolute Gasteiger partial charge is 0.141 e. The van der Waals surface area contributed by atoms with Crippen molar-refractivity contribution in [1.29, 1.82) is 0 Å². The van der Waals surface area contributed by atoms with E-state index in [0.29, 0.717) is 5.92 Å². The van der Waals surface area contributed by atoms with Crippen molar-refractivity contribution in [2.24, 2.45) is 5.92 Å². The number of anilines is 1. The second-order valence-electron chi connectivity index (χ2n) is 4.33. The molecule has 3 nitrogen and oxygen atoms in total. The Hall–Kier alpha value is -0.870. The summed E-state index contributed by atoms with van der Waals surface area (Å²) in [5.41, 5.74) is 0.754. The van der Waals surface area contributed by atoms with Crippen molar-refractivity contribution in [1.82, 2.24) is 4.98 Å². The van der Waals surface area contributed by atoms with E-state index >= 15 is 0 Å². The molecular weight excluding hydrogens is 243 g/mol. The van der Waals surface area contributed by atoms with Gasteiger partial charge in [0.25, 0.3) is 0 Å². The molecule has 1 fully saturated rings. The number of halogens is 2. The monoisotopic (exact) mass is 258 g/mol. The molecule has 0 bridgehead atoms. The van der Waals surface area contributed by atoms with E-state index in [0.717, 1.165) is 37.5 Å². The van der Waals surface area contributed by atoms with Crippen LogP contribution in [-0.2, 0) is 10.6 Å². The predicted molar refractivity (Wildman–Crippen MR) is 65.9 cm³/mol. The van der Waals surface area contributed by atoms with Gasteiger partial charge in [-0.15, -0.1) is 11.6 Å². The van der Waals surface area contributed by atoms with Gasteiger partial charge < -0.3 is 9.64 Å². The van der Waals surface area contributed by atoms with Crippen molar-refractivity contribution in [3.63, 3.8) is 0 Å². The lowest BCUT2D eigenvalue weighted by molar-refractivity contribution is 0.161. The Kier molecular flexibility index (Phi) is 4.18. The zero-order valence-electron chi connectivity index (χ0n) is 9.83. The van der Waals surface area contributed by atoms with Crippen LogP contribution in [0.15, 0.2) is 12.3 Å². The van der Waals surface area contributed by atoms with Crippen molar-refractivity contribution in [2.75, 3.05) is 31.7 Å². The first-order valence-corrected chi connectivity index (χ1v) is 6.22. The Morgan fingerprint density at radius 1 is 1.65 bits per heavy atom. The van der Waals surface area contributed by atoms with Gasteiger partial charge in [-0.2, -0.15) is 0 Å². The van der Waals surface area contributed by atoms with Crippen LogP contribution in [0.25, 0.3) is 0 Å². The SMILES string of the molecule is COCC1CCN(c2ncc(F)cc2CCl)C1. The molecule has 17 heavy (non-hydrogen) atoms. The number of rotatable bonds is 4. The molecule has 0 aliphatic carbocycles. The number of nitrogens with zero attached hydrogens (tertiary/aromatic N) is 2. The first-order valence-electron chi connectivity index (χ1n) is 5.69. The van der Waals surface area contributed by atoms with Gasteiger partial charge in [-0.3, -0.25) is 0 Å². The molecule has 1 unspecified atom stereocenters. The molecule has 2 rings (SSSR count). The summed E-state index contributed by atoms with van der Waals surface area (Å²) < 4.78 is 18.2. The van der Waals surface area contributed by atoms with Gasteiger partial charge in [-0.25, -0.2) is 9.37 Å². The van der Waals surface area contributed by atoms with Crippen molar-refractivity contribution in [2.45, 2.75) is 12.3 Å².